The summed E-state index contributed by atoms with van der Waals surface area (Å²) in [5.74, 6) is 1.07. The summed E-state index contributed by atoms with van der Waals surface area (Å²) < 4.78 is 60.8. The minimum Gasteiger partial charge on any atom is -0.369 e. The fourth-order valence-electron chi connectivity index (χ4n) is 5.95. The van der Waals surface area contributed by atoms with Gasteiger partial charge in [-0.05, 0) is 48.5 Å². The van der Waals surface area contributed by atoms with Crippen molar-refractivity contribution in [3.63, 3.8) is 0 Å². The van der Waals surface area contributed by atoms with Gasteiger partial charge in [-0.15, -0.1) is 0 Å². The third-order valence-corrected chi connectivity index (χ3v) is 7.39. The van der Waals surface area contributed by atoms with Gasteiger partial charge in [0.15, 0.2) is 0 Å². The van der Waals surface area contributed by atoms with E-state index in [1.165, 1.54) is 9.13 Å². The lowest BCUT2D eigenvalue weighted by atomic mass is 9.93. The van der Waals surface area contributed by atoms with Crippen molar-refractivity contribution in [1.29, 1.82) is 0 Å². The van der Waals surface area contributed by atoms with E-state index in [0.717, 1.165) is 0 Å². The monoisotopic (exact) mass is 506 g/mol. The maximum atomic E-state index is 17.2. The minimum absolute atomic E-state index is 0.266. The fourth-order valence-corrected chi connectivity index (χ4v) is 5.95. The Morgan fingerprint density at radius 3 is 0.895 bits per heavy atom. The molecule has 0 aliphatic carbocycles. The zero-order valence-corrected chi connectivity index (χ0v) is 19.5. The average Bonchev–Trinajstić information content (AvgIpc) is 2.92. The highest BCUT2D eigenvalue weighted by molar-refractivity contribution is 5.87. The molecular formula is C30H16F2N2O4+2. The van der Waals surface area contributed by atoms with Gasteiger partial charge in [0, 0.05) is 0 Å². The van der Waals surface area contributed by atoms with Crippen molar-refractivity contribution in [2.75, 3.05) is 0 Å². The van der Waals surface area contributed by atoms with Crippen LogP contribution in [0.2, 0.25) is 0 Å². The first-order valence-electron chi connectivity index (χ1n) is 12.2. The molecule has 5 heterocycles. The summed E-state index contributed by atoms with van der Waals surface area (Å²) in [5, 5.41) is 0. The van der Waals surface area contributed by atoms with Gasteiger partial charge in [0.25, 0.3) is 22.8 Å². The molecule has 0 unspecified atom stereocenters. The van der Waals surface area contributed by atoms with Crippen molar-refractivity contribution in [3.8, 4) is 68.0 Å². The smallest absolute Gasteiger partial charge is 0.369 e. The van der Waals surface area contributed by atoms with E-state index in [4.69, 9.17) is 18.9 Å². The highest BCUT2D eigenvalue weighted by Crippen LogP contribution is 2.54. The summed E-state index contributed by atoms with van der Waals surface area (Å²) in [6.07, 6.45) is -5.47. The zero-order chi connectivity index (χ0) is 25.2. The number of rotatable bonds is 0. The van der Waals surface area contributed by atoms with Crippen LogP contribution in [-0.4, -0.2) is 0 Å². The molecule has 0 radical (unpaired) electrons. The van der Waals surface area contributed by atoms with E-state index < -0.39 is 12.3 Å². The molecule has 1 aromatic heterocycles. The van der Waals surface area contributed by atoms with E-state index in [-0.39, 0.29) is 23.0 Å². The van der Waals surface area contributed by atoms with E-state index in [1.54, 1.807) is 48.5 Å². The third kappa shape index (κ3) is 2.27. The van der Waals surface area contributed by atoms with Gasteiger partial charge in [-0.25, -0.2) is 0 Å². The lowest BCUT2D eigenvalue weighted by Crippen LogP contribution is -2.73. The molecule has 182 valence electrons. The highest BCUT2D eigenvalue weighted by Gasteiger charge is 2.69. The van der Waals surface area contributed by atoms with Crippen molar-refractivity contribution in [2.45, 2.75) is 12.3 Å². The van der Waals surface area contributed by atoms with Gasteiger partial charge < -0.3 is 18.9 Å². The molecule has 0 fully saturated rings. The standard InChI is InChI=1S/C30H16F2N2O4/c31-29-33-25(17-9-1-5-13-21(17)35-29)26-18-10-2-6-14-22(18)37-30(32)34(26)28(20-12-4-8-16-24(20)38-30)27(33)19-11-3-7-15-23(19)36-29/h1-16H/q+2. The SMILES string of the molecule is FC12Oc3ccccc3-c3c4[n+]5c(c([n+]31)-c1ccccc1O2)-c1ccccc1OC5(F)Oc1ccccc1-4. The summed E-state index contributed by atoms with van der Waals surface area (Å²) in [6.45, 7) is 0. The second kappa shape index (κ2) is 6.47. The second-order valence-corrected chi connectivity index (χ2v) is 9.47. The number of alkyl halides is 2. The van der Waals surface area contributed by atoms with Gasteiger partial charge in [-0.3, -0.25) is 0 Å². The lowest BCUT2D eigenvalue weighted by Gasteiger charge is -2.36. The first-order chi connectivity index (χ1) is 18.6. The Labute approximate surface area is 214 Å². The molecule has 5 aromatic rings. The Morgan fingerprint density at radius 2 is 0.632 bits per heavy atom. The largest absolute Gasteiger partial charge is 0.660 e. The van der Waals surface area contributed by atoms with Crippen molar-refractivity contribution < 1.29 is 36.9 Å². The van der Waals surface area contributed by atoms with E-state index in [0.29, 0.717) is 45.0 Å². The molecule has 4 aliphatic rings. The van der Waals surface area contributed by atoms with Crippen molar-refractivity contribution in [2.24, 2.45) is 0 Å². The number of aromatic nitrogens is 2. The molecule has 0 saturated carbocycles. The summed E-state index contributed by atoms with van der Waals surface area (Å²) >= 11 is 0. The van der Waals surface area contributed by atoms with E-state index in [2.05, 4.69) is 0 Å². The predicted octanol–water partition coefficient (Wildman–Crippen LogP) is 5.57. The van der Waals surface area contributed by atoms with Crippen LogP contribution in [0.1, 0.15) is 0 Å². The van der Waals surface area contributed by atoms with Crippen molar-refractivity contribution in [1.82, 2.24) is 0 Å². The Kier molecular flexibility index (Phi) is 3.42. The molecule has 0 spiro atoms. The van der Waals surface area contributed by atoms with Gasteiger partial charge in [0.2, 0.25) is 0 Å². The number of para-hydroxylation sites is 4. The normalized spacial score (nSPS) is 16.9. The summed E-state index contributed by atoms with van der Waals surface area (Å²) in [7, 11) is 0. The molecule has 6 nitrogen and oxygen atoms in total. The van der Waals surface area contributed by atoms with E-state index >= 15 is 8.78 Å². The molecular weight excluding hydrogens is 490 g/mol. The summed E-state index contributed by atoms with van der Waals surface area (Å²) in [6, 6.07) is 28.3. The Morgan fingerprint density at radius 1 is 0.395 bits per heavy atom. The molecule has 0 amide bonds. The maximum Gasteiger partial charge on any atom is 0.660 e. The number of benzene rings is 4. The number of hydrogen-bond acceptors (Lipinski definition) is 4. The van der Waals surface area contributed by atoms with Crippen LogP contribution < -0.4 is 28.1 Å². The van der Waals surface area contributed by atoms with Crippen LogP contribution in [0.5, 0.6) is 23.0 Å². The Bertz CT molecular complexity index is 1630. The molecule has 9 rings (SSSR count). The van der Waals surface area contributed by atoms with E-state index in [9.17, 15) is 0 Å². The topological polar surface area (TPSA) is 44.7 Å². The fraction of sp³-hybridized carbons (Fsp3) is 0.0667. The van der Waals surface area contributed by atoms with Gasteiger partial charge in [-0.2, -0.15) is 0 Å². The number of hydrogen-bond donors (Lipinski definition) is 0. The Balaban J connectivity index is 1.59. The minimum atomic E-state index is -2.74. The molecule has 38 heavy (non-hydrogen) atoms. The summed E-state index contributed by atoms with van der Waals surface area (Å²) in [5.41, 5.74) is 3.82. The average molecular weight is 506 g/mol. The van der Waals surface area contributed by atoms with Crippen LogP contribution in [0, 0.1) is 0 Å². The Hall–Kier alpha value is -4.98. The van der Waals surface area contributed by atoms with Crippen LogP contribution in [0.25, 0.3) is 45.0 Å². The van der Waals surface area contributed by atoms with Gasteiger partial charge >= 0.3 is 12.3 Å². The van der Waals surface area contributed by atoms with Crippen LogP contribution in [0.4, 0.5) is 8.78 Å². The number of ether oxygens (including phenoxy) is 4. The second-order valence-electron chi connectivity index (χ2n) is 9.47. The quantitative estimate of drug-likeness (QED) is 0.258. The summed E-state index contributed by atoms with van der Waals surface area (Å²) in [4.78, 5) is 0. The molecule has 8 heteroatoms. The first kappa shape index (κ1) is 20.1. The number of nitrogens with zero attached hydrogens (tertiary/aromatic N) is 2. The van der Waals surface area contributed by atoms with E-state index in [1.807, 2.05) is 48.5 Å². The zero-order valence-electron chi connectivity index (χ0n) is 19.5. The van der Waals surface area contributed by atoms with Crippen LogP contribution in [0.15, 0.2) is 97.1 Å². The molecule has 0 bridgehead atoms. The molecule has 0 N–H and O–H groups in total. The first-order valence-corrected chi connectivity index (χ1v) is 12.2. The van der Waals surface area contributed by atoms with Crippen molar-refractivity contribution in [3.05, 3.63) is 97.1 Å². The molecule has 0 atom stereocenters. The van der Waals surface area contributed by atoms with Gasteiger partial charge in [0.1, 0.15) is 23.0 Å². The van der Waals surface area contributed by atoms with Gasteiger partial charge in [-0.1, -0.05) is 66.4 Å². The third-order valence-electron chi connectivity index (χ3n) is 7.39. The number of halogens is 2. The lowest BCUT2D eigenvalue weighted by molar-refractivity contribution is -0.893. The van der Waals surface area contributed by atoms with Crippen LogP contribution in [-0.2, 0) is 12.3 Å². The molecule has 4 aromatic carbocycles. The van der Waals surface area contributed by atoms with Gasteiger partial charge in [0.05, 0.1) is 22.3 Å². The predicted molar refractivity (Wildman–Crippen MR) is 129 cm³/mol. The molecule has 4 aliphatic heterocycles. The molecule has 0 saturated heterocycles. The number of fused-ring (bicyclic) bond motifs is 10. The highest BCUT2D eigenvalue weighted by atomic mass is 19.2. The van der Waals surface area contributed by atoms with Crippen LogP contribution >= 0.6 is 0 Å². The van der Waals surface area contributed by atoms with Crippen LogP contribution in [0.3, 0.4) is 0 Å². The van der Waals surface area contributed by atoms with Crippen molar-refractivity contribution >= 4 is 0 Å². The maximum absolute atomic E-state index is 17.2.